The van der Waals surface area contributed by atoms with E-state index >= 15 is 0 Å². The Morgan fingerprint density at radius 1 is 0.833 bits per heavy atom. The molecule has 0 aliphatic carbocycles. The van der Waals surface area contributed by atoms with Gasteiger partial charge in [0, 0.05) is 6.61 Å². The first-order valence-electron chi connectivity index (χ1n) is 8.73. The predicted molar refractivity (Wildman–Crippen MR) is 97.1 cm³/mol. The number of hydrogen-bond acceptors (Lipinski definition) is 3. The van der Waals surface area contributed by atoms with E-state index in [1.807, 2.05) is 42.5 Å². The van der Waals surface area contributed by atoms with E-state index < -0.39 is 0 Å². The largest absolute Gasteiger partial charge is 0.425 e. The highest BCUT2D eigenvalue weighted by Crippen LogP contribution is 2.22. The third kappa shape index (κ3) is 6.55. The van der Waals surface area contributed by atoms with E-state index in [0.717, 1.165) is 24.0 Å². The second-order valence-corrected chi connectivity index (χ2v) is 5.83. The third-order valence-corrected chi connectivity index (χ3v) is 3.81. The number of unbranched alkanes of at least 4 members (excludes halogenated alkanes) is 4. The summed E-state index contributed by atoms with van der Waals surface area (Å²) in [6.45, 7) is 2.82. The van der Waals surface area contributed by atoms with Crippen LogP contribution in [0.25, 0.3) is 11.1 Å². The SMILES string of the molecule is CCCCCCCOCC(=O)Oc1ccc(-c2ccccc2)cc1. The summed E-state index contributed by atoms with van der Waals surface area (Å²) in [6, 6.07) is 17.6. The molecule has 0 spiro atoms. The van der Waals surface area contributed by atoms with Crippen LogP contribution in [0.5, 0.6) is 5.75 Å². The van der Waals surface area contributed by atoms with Crippen molar-refractivity contribution in [1.82, 2.24) is 0 Å². The summed E-state index contributed by atoms with van der Waals surface area (Å²) in [5, 5.41) is 0. The molecule has 128 valence electrons. The van der Waals surface area contributed by atoms with Crippen molar-refractivity contribution < 1.29 is 14.3 Å². The van der Waals surface area contributed by atoms with Gasteiger partial charge in [-0.15, -0.1) is 0 Å². The number of hydrogen-bond donors (Lipinski definition) is 0. The van der Waals surface area contributed by atoms with E-state index in [2.05, 4.69) is 19.1 Å². The van der Waals surface area contributed by atoms with Crippen LogP contribution in [0.2, 0.25) is 0 Å². The molecule has 0 amide bonds. The lowest BCUT2D eigenvalue weighted by Gasteiger charge is -2.07. The molecule has 0 atom stereocenters. The van der Waals surface area contributed by atoms with Gasteiger partial charge >= 0.3 is 5.97 Å². The molecular weight excluding hydrogens is 300 g/mol. The molecule has 0 aromatic heterocycles. The summed E-state index contributed by atoms with van der Waals surface area (Å²) < 4.78 is 10.7. The lowest BCUT2D eigenvalue weighted by atomic mass is 10.1. The zero-order chi connectivity index (χ0) is 17.0. The summed E-state index contributed by atoms with van der Waals surface area (Å²) in [5.74, 6) is 0.197. The zero-order valence-electron chi connectivity index (χ0n) is 14.4. The van der Waals surface area contributed by atoms with E-state index in [-0.39, 0.29) is 12.6 Å². The van der Waals surface area contributed by atoms with Gasteiger partial charge in [0.1, 0.15) is 12.4 Å². The molecule has 0 fully saturated rings. The maximum atomic E-state index is 11.8. The molecule has 2 rings (SSSR count). The number of esters is 1. The molecule has 3 nitrogen and oxygen atoms in total. The average Bonchev–Trinajstić information content (AvgIpc) is 2.62. The van der Waals surface area contributed by atoms with E-state index in [4.69, 9.17) is 9.47 Å². The molecule has 2 aromatic carbocycles. The smallest absolute Gasteiger partial charge is 0.337 e. The normalized spacial score (nSPS) is 10.5. The minimum absolute atomic E-state index is 0.00815. The fourth-order valence-electron chi connectivity index (χ4n) is 2.47. The molecule has 2 aromatic rings. The molecular formula is C21H26O3. The van der Waals surface area contributed by atoms with E-state index in [9.17, 15) is 4.79 Å². The molecule has 0 aliphatic heterocycles. The quantitative estimate of drug-likeness (QED) is 0.340. The number of rotatable bonds is 10. The van der Waals surface area contributed by atoms with Crippen molar-refractivity contribution in [2.45, 2.75) is 39.0 Å². The summed E-state index contributed by atoms with van der Waals surface area (Å²) in [7, 11) is 0. The van der Waals surface area contributed by atoms with Crippen LogP contribution in [0.15, 0.2) is 54.6 Å². The maximum absolute atomic E-state index is 11.8. The van der Waals surface area contributed by atoms with Crippen molar-refractivity contribution in [3.8, 4) is 16.9 Å². The Morgan fingerprint density at radius 3 is 2.21 bits per heavy atom. The molecule has 3 heteroatoms. The summed E-state index contributed by atoms with van der Waals surface area (Å²) in [5.41, 5.74) is 2.24. The van der Waals surface area contributed by atoms with Crippen LogP contribution in [0, 0.1) is 0 Å². The highest BCUT2D eigenvalue weighted by atomic mass is 16.6. The second kappa shape index (κ2) is 10.6. The number of ether oxygens (including phenoxy) is 2. The third-order valence-electron chi connectivity index (χ3n) is 3.81. The van der Waals surface area contributed by atoms with E-state index in [0.29, 0.717) is 12.4 Å². The highest BCUT2D eigenvalue weighted by molar-refractivity contribution is 5.74. The molecule has 0 heterocycles. The monoisotopic (exact) mass is 326 g/mol. The minimum atomic E-state index is -0.351. The number of benzene rings is 2. The molecule has 24 heavy (non-hydrogen) atoms. The van der Waals surface area contributed by atoms with Crippen LogP contribution in [0.3, 0.4) is 0 Å². The Kier molecular flexibility index (Phi) is 8.05. The fraction of sp³-hybridized carbons (Fsp3) is 0.381. The van der Waals surface area contributed by atoms with Gasteiger partial charge in [-0.1, -0.05) is 75.1 Å². The van der Waals surface area contributed by atoms with Crippen molar-refractivity contribution in [3.63, 3.8) is 0 Å². The molecule has 0 unspecified atom stereocenters. The van der Waals surface area contributed by atoms with Gasteiger partial charge in [-0.3, -0.25) is 0 Å². The topological polar surface area (TPSA) is 35.5 Å². The van der Waals surface area contributed by atoms with Gasteiger partial charge in [0.2, 0.25) is 0 Å². The second-order valence-electron chi connectivity index (χ2n) is 5.83. The Morgan fingerprint density at radius 2 is 1.50 bits per heavy atom. The molecule has 0 aliphatic rings. The Hall–Kier alpha value is -2.13. The van der Waals surface area contributed by atoms with Crippen LogP contribution < -0.4 is 4.74 Å². The Labute approximate surface area is 144 Å². The van der Waals surface area contributed by atoms with E-state index in [1.54, 1.807) is 0 Å². The Balaban J connectivity index is 1.69. The van der Waals surface area contributed by atoms with Crippen LogP contribution >= 0.6 is 0 Å². The van der Waals surface area contributed by atoms with Gasteiger partial charge in [0.05, 0.1) is 0 Å². The first kappa shape index (κ1) is 18.2. The van der Waals surface area contributed by atoms with Crippen LogP contribution in [-0.4, -0.2) is 19.2 Å². The first-order valence-corrected chi connectivity index (χ1v) is 8.73. The van der Waals surface area contributed by atoms with Gasteiger partial charge in [-0.05, 0) is 29.7 Å². The van der Waals surface area contributed by atoms with Gasteiger partial charge in [-0.2, -0.15) is 0 Å². The Bertz CT molecular complexity index is 590. The van der Waals surface area contributed by atoms with Crippen LogP contribution in [0.4, 0.5) is 0 Å². The standard InChI is InChI=1S/C21H26O3/c1-2-3-4-5-9-16-23-17-21(22)24-20-14-12-19(13-15-20)18-10-7-6-8-11-18/h6-8,10-15H,2-5,9,16-17H2,1H3. The van der Waals surface area contributed by atoms with Crippen molar-refractivity contribution >= 4 is 5.97 Å². The van der Waals surface area contributed by atoms with Crippen LogP contribution in [-0.2, 0) is 9.53 Å². The van der Waals surface area contributed by atoms with Gasteiger partial charge in [0.15, 0.2) is 0 Å². The number of carbonyl (C=O) groups excluding carboxylic acids is 1. The lowest BCUT2D eigenvalue weighted by Crippen LogP contribution is -2.16. The summed E-state index contributed by atoms with van der Waals surface area (Å²) in [6.07, 6.45) is 5.89. The summed E-state index contributed by atoms with van der Waals surface area (Å²) in [4.78, 5) is 11.8. The van der Waals surface area contributed by atoms with E-state index in [1.165, 1.54) is 19.3 Å². The van der Waals surface area contributed by atoms with Gasteiger partial charge < -0.3 is 9.47 Å². The maximum Gasteiger partial charge on any atom is 0.337 e. The molecule has 0 radical (unpaired) electrons. The molecule has 0 bridgehead atoms. The minimum Gasteiger partial charge on any atom is -0.425 e. The van der Waals surface area contributed by atoms with Gasteiger partial charge in [-0.25, -0.2) is 4.79 Å². The summed E-state index contributed by atoms with van der Waals surface area (Å²) >= 11 is 0. The average molecular weight is 326 g/mol. The van der Waals surface area contributed by atoms with Gasteiger partial charge in [0.25, 0.3) is 0 Å². The van der Waals surface area contributed by atoms with Crippen molar-refractivity contribution in [1.29, 1.82) is 0 Å². The molecule has 0 saturated heterocycles. The molecule has 0 saturated carbocycles. The zero-order valence-corrected chi connectivity index (χ0v) is 14.4. The highest BCUT2D eigenvalue weighted by Gasteiger charge is 2.05. The van der Waals surface area contributed by atoms with Crippen molar-refractivity contribution in [2.24, 2.45) is 0 Å². The van der Waals surface area contributed by atoms with Crippen molar-refractivity contribution in [3.05, 3.63) is 54.6 Å². The van der Waals surface area contributed by atoms with Crippen LogP contribution in [0.1, 0.15) is 39.0 Å². The predicted octanol–water partition coefficient (Wildman–Crippen LogP) is 5.25. The number of carbonyl (C=O) groups is 1. The lowest BCUT2D eigenvalue weighted by molar-refractivity contribution is -0.139. The first-order chi connectivity index (χ1) is 11.8. The van der Waals surface area contributed by atoms with Crippen molar-refractivity contribution in [2.75, 3.05) is 13.2 Å². The fourth-order valence-corrected chi connectivity index (χ4v) is 2.47. The molecule has 0 N–H and O–H groups in total.